The van der Waals surface area contributed by atoms with Crippen molar-refractivity contribution in [3.63, 3.8) is 0 Å². The second-order valence-corrected chi connectivity index (χ2v) is 9.06. The number of benzene rings is 1. The molecule has 3 aromatic rings. The van der Waals surface area contributed by atoms with E-state index in [4.69, 9.17) is 23.2 Å². The molecular weight excluding hydrogens is 461 g/mol. The van der Waals surface area contributed by atoms with Crippen LogP contribution in [0.25, 0.3) is 11.0 Å². The van der Waals surface area contributed by atoms with Gasteiger partial charge in [0.15, 0.2) is 5.65 Å². The van der Waals surface area contributed by atoms with E-state index >= 15 is 0 Å². The number of anilines is 1. The Kier molecular flexibility index (Phi) is 7.20. The lowest BCUT2D eigenvalue weighted by Crippen LogP contribution is -2.31. The summed E-state index contributed by atoms with van der Waals surface area (Å²) in [6.45, 7) is 4.65. The molecule has 0 aliphatic heterocycles. The Bertz CT molecular complexity index is 1180. The molecule has 1 saturated carbocycles. The number of hydrogen-bond donors (Lipinski definition) is 2. The molecular formula is C24H27Cl2N5O2. The van der Waals surface area contributed by atoms with Crippen LogP contribution < -0.4 is 10.6 Å². The Hall–Kier alpha value is -2.64. The third-order valence-electron chi connectivity index (χ3n) is 6.17. The zero-order valence-electron chi connectivity index (χ0n) is 18.7. The van der Waals surface area contributed by atoms with Gasteiger partial charge in [-0.3, -0.25) is 9.59 Å². The monoisotopic (exact) mass is 487 g/mol. The lowest BCUT2D eigenvalue weighted by atomic mass is 9.94. The predicted molar refractivity (Wildman–Crippen MR) is 131 cm³/mol. The number of nitrogens with zero attached hydrogens (tertiary/aromatic N) is 3. The number of rotatable bonds is 7. The first kappa shape index (κ1) is 23.5. The minimum Gasteiger partial charge on any atom is -0.381 e. The molecule has 33 heavy (non-hydrogen) atoms. The standard InChI is InChI=1S/C24H27Cl2N5O2/c1-3-20(16-6-5-7-19(25)21(16)26)30-24(33)18-12-27-23-17(13-28-31(23)4-2)22(18)29-14-8-10-15(32)11-9-14/h5-7,12-14,20H,3-4,8-11H2,1-2H3,(H,27,29)(H,30,33). The third-order valence-corrected chi connectivity index (χ3v) is 7.01. The van der Waals surface area contributed by atoms with Gasteiger partial charge in [0.25, 0.3) is 5.91 Å². The minimum atomic E-state index is -0.307. The molecule has 1 aliphatic carbocycles. The zero-order chi connectivity index (χ0) is 23.5. The topological polar surface area (TPSA) is 88.9 Å². The molecule has 2 N–H and O–H groups in total. The maximum atomic E-state index is 13.5. The number of aromatic nitrogens is 3. The van der Waals surface area contributed by atoms with Crippen molar-refractivity contribution >= 4 is 51.6 Å². The normalized spacial score (nSPS) is 15.6. The van der Waals surface area contributed by atoms with E-state index in [-0.39, 0.29) is 23.8 Å². The van der Waals surface area contributed by atoms with Gasteiger partial charge in [-0.05, 0) is 37.8 Å². The molecule has 2 aromatic heterocycles. The molecule has 1 fully saturated rings. The summed E-state index contributed by atoms with van der Waals surface area (Å²) in [5, 5.41) is 12.7. The second-order valence-electron chi connectivity index (χ2n) is 8.28. The van der Waals surface area contributed by atoms with Crippen LogP contribution in [0.3, 0.4) is 0 Å². The van der Waals surface area contributed by atoms with Crippen molar-refractivity contribution in [3.05, 3.63) is 51.8 Å². The fraction of sp³-hybridized carbons (Fsp3) is 0.417. The van der Waals surface area contributed by atoms with E-state index < -0.39 is 0 Å². The van der Waals surface area contributed by atoms with Gasteiger partial charge >= 0.3 is 0 Å². The van der Waals surface area contributed by atoms with Crippen molar-refractivity contribution in [1.29, 1.82) is 0 Å². The summed E-state index contributed by atoms with van der Waals surface area (Å²) < 4.78 is 1.80. The van der Waals surface area contributed by atoms with Gasteiger partial charge in [-0.1, -0.05) is 42.3 Å². The lowest BCUT2D eigenvalue weighted by Gasteiger charge is -2.25. The first-order valence-electron chi connectivity index (χ1n) is 11.3. The minimum absolute atomic E-state index is 0.106. The summed E-state index contributed by atoms with van der Waals surface area (Å²) in [6.07, 6.45) is 6.54. The summed E-state index contributed by atoms with van der Waals surface area (Å²) in [6, 6.07) is 5.21. The Morgan fingerprint density at radius 2 is 1.97 bits per heavy atom. The van der Waals surface area contributed by atoms with E-state index in [2.05, 4.69) is 20.7 Å². The molecule has 0 radical (unpaired) electrons. The van der Waals surface area contributed by atoms with Crippen molar-refractivity contribution in [2.24, 2.45) is 0 Å². The van der Waals surface area contributed by atoms with Crippen molar-refractivity contribution in [2.75, 3.05) is 5.32 Å². The molecule has 0 saturated heterocycles. The smallest absolute Gasteiger partial charge is 0.255 e. The summed E-state index contributed by atoms with van der Waals surface area (Å²) in [4.78, 5) is 29.7. The van der Waals surface area contributed by atoms with Gasteiger partial charge in [0, 0.05) is 31.6 Å². The van der Waals surface area contributed by atoms with E-state index in [0.29, 0.717) is 52.8 Å². The highest BCUT2D eigenvalue weighted by Crippen LogP contribution is 2.33. The summed E-state index contributed by atoms with van der Waals surface area (Å²) >= 11 is 12.6. The molecule has 4 rings (SSSR count). The molecule has 0 bridgehead atoms. The highest BCUT2D eigenvalue weighted by atomic mass is 35.5. The number of amides is 1. The SMILES string of the molecule is CCC(NC(=O)c1cnc2c(cnn2CC)c1NC1CCC(=O)CC1)c1cccc(Cl)c1Cl. The van der Waals surface area contributed by atoms with E-state index in [1.165, 1.54) is 0 Å². The van der Waals surface area contributed by atoms with E-state index in [0.717, 1.165) is 23.8 Å². The number of carbonyl (C=O) groups excluding carboxylic acids is 2. The highest BCUT2D eigenvalue weighted by molar-refractivity contribution is 6.42. The fourth-order valence-corrected chi connectivity index (χ4v) is 4.74. The van der Waals surface area contributed by atoms with Crippen molar-refractivity contribution in [3.8, 4) is 0 Å². The van der Waals surface area contributed by atoms with Crippen LogP contribution in [0.2, 0.25) is 10.0 Å². The molecule has 0 spiro atoms. The van der Waals surface area contributed by atoms with E-state index in [9.17, 15) is 9.59 Å². The molecule has 1 atom stereocenters. The van der Waals surface area contributed by atoms with Gasteiger partial charge in [0.1, 0.15) is 5.78 Å². The van der Waals surface area contributed by atoms with Gasteiger partial charge in [-0.25, -0.2) is 9.67 Å². The first-order chi connectivity index (χ1) is 15.9. The zero-order valence-corrected chi connectivity index (χ0v) is 20.2. The van der Waals surface area contributed by atoms with Gasteiger partial charge in [0.05, 0.1) is 38.9 Å². The van der Waals surface area contributed by atoms with Gasteiger partial charge in [-0.15, -0.1) is 0 Å². The van der Waals surface area contributed by atoms with Crippen molar-refractivity contribution in [1.82, 2.24) is 20.1 Å². The summed E-state index contributed by atoms with van der Waals surface area (Å²) in [7, 11) is 0. The molecule has 174 valence electrons. The van der Waals surface area contributed by atoms with Gasteiger partial charge in [0.2, 0.25) is 0 Å². The van der Waals surface area contributed by atoms with Crippen LogP contribution in [0.15, 0.2) is 30.6 Å². The van der Waals surface area contributed by atoms with Crippen LogP contribution in [0.5, 0.6) is 0 Å². The average Bonchev–Trinajstić information content (AvgIpc) is 3.24. The second kappa shape index (κ2) is 10.1. The molecule has 1 aromatic carbocycles. The van der Waals surface area contributed by atoms with Crippen molar-refractivity contribution < 1.29 is 9.59 Å². The summed E-state index contributed by atoms with van der Waals surface area (Å²) in [5.41, 5.74) is 2.62. The maximum Gasteiger partial charge on any atom is 0.255 e. The van der Waals surface area contributed by atoms with Crippen LogP contribution in [0, 0.1) is 0 Å². The molecule has 2 heterocycles. The Morgan fingerprint density at radius 3 is 2.67 bits per heavy atom. The molecule has 1 aliphatic rings. The Balaban J connectivity index is 1.68. The number of fused-ring (bicyclic) bond motifs is 1. The number of hydrogen-bond acceptors (Lipinski definition) is 5. The molecule has 9 heteroatoms. The number of aryl methyl sites for hydroxylation is 1. The number of halogens is 2. The maximum absolute atomic E-state index is 13.5. The predicted octanol–water partition coefficient (Wildman–Crippen LogP) is 5.56. The number of pyridine rings is 1. The number of ketones is 1. The van der Waals surface area contributed by atoms with E-state index in [1.54, 1.807) is 23.1 Å². The van der Waals surface area contributed by atoms with Gasteiger partial charge < -0.3 is 10.6 Å². The van der Waals surface area contributed by atoms with Crippen LogP contribution in [-0.4, -0.2) is 32.5 Å². The largest absolute Gasteiger partial charge is 0.381 e. The van der Waals surface area contributed by atoms with Crippen LogP contribution in [0.4, 0.5) is 5.69 Å². The number of nitrogens with one attached hydrogen (secondary N) is 2. The number of Topliss-reactive ketones (excluding diaryl/α,β-unsaturated/α-hetero) is 1. The first-order valence-corrected chi connectivity index (χ1v) is 12.1. The summed E-state index contributed by atoms with van der Waals surface area (Å²) in [5.74, 6) is 0.0276. The third kappa shape index (κ3) is 4.84. The Morgan fingerprint density at radius 1 is 1.21 bits per heavy atom. The van der Waals surface area contributed by atoms with E-state index in [1.807, 2.05) is 26.0 Å². The molecule has 7 nitrogen and oxygen atoms in total. The molecule has 1 unspecified atom stereocenters. The van der Waals surface area contributed by atoms with Crippen LogP contribution in [0.1, 0.15) is 67.9 Å². The average molecular weight is 488 g/mol. The quantitative estimate of drug-likeness (QED) is 0.455. The fourth-order valence-electron chi connectivity index (χ4n) is 4.30. The van der Waals surface area contributed by atoms with Crippen molar-refractivity contribution in [2.45, 2.75) is 64.6 Å². The lowest BCUT2D eigenvalue weighted by molar-refractivity contribution is -0.120. The molecule has 1 amide bonds. The van der Waals surface area contributed by atoms with Gasteiger partial charge in [-0.2, -0.15) is 5.10 Å². The van der Waals surface area contributed by atoms with Crippen LogP contribution >= 0.6 is 23.2 Å². The van der Waals surface area contributed by atoms with Crippen LogP contribution in [-0.2, 0) is 11.3 Å². The highest BCUT2D eigenvalue weighted by Gasteiger charge is 2.25. The number of carbonyl (C=O) groups is 2. The Labute approximate surface area is 202 Å².